The third-order valence-corrected chi connectivity index (χ3v) is 5.14. The van der Waals surface area contributed by atoms with Crippen molar-refractivity contribution in [1.82, 2.24) is 5.32 Å². The first kappa shape index (κ1) is 18.9. The molecule has 3 rings (SSSR count). The van der Waals surface area contributed by atoms with Gasteiger partial charge < -0.3 is 10.6 Å². The SMILES string of the molecule is CC(=O)NC(CC(=O)Nc1ccccc1-c1cccs1)c1ccc(C)cc1. The Labute approximate surface area is 163 Å². The van der Waals surface area contributed by atoms with E-state index in [0.717, 1.165) is 27.3 Å². The summed E-state index contributed by atoms with van der Waals surface area (Å²) in [6, 6.07) is 19.3. The third kappa shape index (κ3) is 5.05. The predicted octanol–water partition coefficient (Wildman–Crippen LogP) is 4.93. The van der Waals surface area contributed by atoms with E-state index in [1.807, 2.05) is 73.0 Å². The molecule has 3 aromatic rings. The minimum absolute atomic E-state index is 0.140. The molecular weight excluding hydrogens is 356 g/mol. The number of thiophene rings is 1. The van der Waals surface area contributed by atoms with Crippen molar-refractivity contribution in [3.8, 4) is 10.4 Å². The molecule has 0 aliphatic carbocycles. The molecule has 0 aliphatic rings. The Morgan fingerprint density at radius 2 is 1.74 bits per heavy atom. The van der Waals surface area contributed by atoms with Crippen molar-refractivity contribution in [1.29, 1.82) is 0 Å². The average Bonchev–Trinajstić information content (AvgIpc) is 3.16. The van der Waals surface area contributed by atoms with Gasteiger partial charge >= 0.3 is 0 Å². The van der Waals surface area contributed by atoms with Crippen molar-refractivity contribution in [2.75, 3.05) is 5.32 Å². The van der Waals surface area contributed by atoms with Crippen LogP contribution in [0.2, 0.25) is 0 Å². The standard InChI is InChI=1S/C22H22N2O2S/c1-15-9-11-17(12-10-15)20(23-16(2)25)14-22(26)24-19-7-4-3-6-18(19)21-8-5-13-27-21/h3-13,20H,14H2,1-2H3,(H,23,25)(H,24,26). The summed E-state index contributed by atoms with van der Waals surface area (Å²) in [5, 5.41) is 7.89. The van der Waals surface area contributed by atoms with Crippen molar-refractivity contribution >= 4 is 28.8 Å². The van der Waals surface area contributed by atoms with Crippen LogP contribution in [-0.2, 0) is 9.59 Å². The fraction of sp³-hybridized carbons (Fsp3) is 0.182. The quantitative estimate of drug-likeness (QED) is 0.639. The zero-order valence-electron chi connectivity index (χ0n) is 15.4. The molecule has 4 nitrogen and oxygen atoms in total. The number of hydrogen-bond acceptors (Lipinski definition) is 3. The normalized spacial score (nSPS) is 11.6. The molecule has 5 heteroatoms. The van der Waals surface area contributed by atoms with E-state index in [0.29, 0.717) is 0 Å². The number of aryl methyl sites for hydroxylation is 1. The Bertz CT molecular complexity index is 918. The molecule has 138 valence electrons. The highest BCUT2D eigenvalue weighted by atomic mass is 32.1. The molecule has 1 unspecified atom stereocenters. The lowest BCUT2D eigenvalue weighted by Crippen LogP contribution is -2.29. The molecule has 0 bridgehead atoms. The van der Waals surface area contributed by atoms with Gasteiger partial charge in [0.1, 0.15) is 0 Å². The minimum atomic E-state index is -0.364. The van der Waals surface area contributed by atoms with Gasteiger partial charge in [0.05, 0.1) is 12.5 Å². The number of nitrogens with one attached hydrogen (secondary N) is 2. The Hall–Kier alpha value is -2.92. The molecule has 1 heterocycles. The molecule has 0 saturated carbocycles. The van der Waals surface area contributed by atoms with Crippen LogP contribution in [0.5, 0.6) is 0 Å². The summed E-state index contributed by atoms with van der Waals surface area (Å²) in [7, 11) is 0. The summed E-state index contributed by atoms with van der Waals surface area (Å²) < 4.78 is 0. The summed E-state index contributed by atoms with van der Waals surface area (Å²) in [5.41, 5.74) is 3.81. The van der Waals surface area contributed by atoms with Crippen LogP contribution < -0.4 is 10.6 Å². The van der Waals surface area contributed by atoms with E-state index in [2.05, 4.69) is 10.6 Å². The molecule has 2 aromatic carbocycles. The first-order chi connectivity index (χ1) is 13.0. The lowest BCUT2D eigenvalue weighted by atomic mass is 10.0. The van der Waals surface area contributed by atoms with Crippen molar-refractivity contribution in [2.24, 2.45) is 0 Å². The zero-order valence-corrected chi connectivity index (χ0v) is 16.2. The Kier molecular flexibility index (Phi) is 6.04. The maximum absolute atomic E-state index is 12.7. The van der Waals surface area contributed by atoms with Gasteiger partial charge in [0.25, 0.3) is 0 Å². The fourth-order valence-corrected chi connectivity index (χ4v) is 3.69. The summed E-state index contributed by atoms with van der Waals surface area (Å²) in [6.07, 6.45) is 0.168. The van der Waals surface area contributed by atoms with Crippen molar-refractivity contribution in [2.45, 2.75) is 26.3 Å². The molecule has 0 fully saturated rings. The Morgan fingerprint density at radius 1 is 1.00 bits per heavy atom. The van der Waals surface area contributed by atoms with Gasteiger partial charge in [-0.25, -0.2) is 0 Å². The van der Waals surface area contributed by atoms with Crippen LogP contribution in [0.3, 0.4) is 0 Å². The molecule has 2 amide bonds. The average molecular weight is 378 g/mol. The highest BCUT2D eigenvalue weighted by Gasteiger charge is 2.18. The van der Waals surface area contributed by atoms with E-state index in [-0.39, 0.29) is 24.3 Å². The van der Waals surface area contributed by atoms with Crippen LogP contribution in [0, 0.1) is 6.92 Å². The summed E-state index contributed by atoms with van der Waals surface area (Å²) in [5.74, 6) is -0.300. The van der Waals surface area contributed by atoms with Crippen LogP contribution in [0.25, 0.3) is 10.4 Å². The zero-order chi connectivity index (χ0) is 19.2. The topological polar surface area (TPSA) is 58.2 Å². The lowest BCUT2D eigenvalue weighted by molar-refractivity contribution is -0.120. The molecule has 1 atom stereocenters. The highest BCUT2D eigenvalue weighted by molar-refractivity contribution is 7.13. The van der Waals surface area contributed by atoms with Gasteiger partial charge in [-0.2, -0.15) is 0 Å². The molecular formula is C22H22N2O2S. The van der Waals surface area contributed by atoms with Gasteiger partial charge in [0.2, 0.25) is 11.8 Å². The molecule has 0 saturated heterocycles. The van der Waals surface area contributed by atoms with Gasteiger partial charge in [-0.15, -0.1) is 11.3 Å². The smallest absolute Gasteiger partial charge is 0.226 e. The number of benzene rings is 2. The number of amides is 2. The second kappa shape index (κ2) is 8.64. The number of anilines is 1. The molecule has 2 N–H and O–H groups in total. The number of rotatable bonds is 6. The summed E-state index contributed by atoms with van der Waals surface area (Å²) in [4.78, 5) is 25.4. The monoisotopic (exact) mass is 378 g/mol. The van der Waals surface area contributed by atoms with Gasteiger partial charge in [0.15, 0.2) is 0 Å². The second-order valence-electron chi connectivity index (χ2n) is 6.44. The number of para-hydroxylation sites is 1. The highest BCUT2D eigenvalue weighted by Crippen LogP contribution is 2.31. The molecule has 0 aliphatic heterocycles. The summed E-state index contributed by atoms with van der Waals surface area (Å²) >= 11 is 1.63. The van der Waals surface area contributed by atoms with E-state index in [9.17, 15) is 9.59 Å². The van der Waals surface area contributed by atoms with E-state index < -0.39 is 0 Å². The lowest BCUT2D eigenvalue weighted by Gasteiger charge is -2.19. The van der Waals surface area contributed by atoms with E-state index in [4.69, 9.17) is 0 Å². The molecule has 1 aromatic heterocycles. The van der Waals surface area contributed by atoms with Gasteiger partial charge in [-0.1, -0.05) is 54.1 Å². The van der Waals surface area contributed by atoms with E-state index in [1.165, 1.54) is 6.92 Å². The van der Waals surface area contributed by atoms with Gasteiger partial charge in [0, 0.05) is 23.1 Å². The van der Waals surface area contributed by atoms with Gasteiger partial charge in [-0.3, -0.25) is 9.59 Å². The summed E-state index contributed by atoms with van der Waals surface area (Å²) in [6.45, 7) is 3.47. The van der Waals surface area contributed by atoms with Crippen LogP contribution in [0.4, 0.5) is 5.69 Å². The van der Waals surface area contributed by atoms with Crippen LogP contribution in [0.15, 0.2) is 66.0 Å². The number of carbonyl (C=O) groups is 2. The second-order valence-corrected chi connectivity index (χ2v) is 7.39. The molecule has 0 radical (unpaired) electrons. The first-order valence-electron chi connectivity index (χ1n) is 8.79. The van der Waals surface area contributed by atoms with Crippen LogP contribution >= 0.6 is 11.3 Å². The predicted molar refractivity (Wildman–Crippen MR) is 111 cm³/mol. The van der Waals surface area contributed by atoms with E-state index >= 15 is 0 Å². The van der Waals surface area contributed by atoms with Crippen molar-refractivity contribution in [3.63, 3.8) is 0 Å². The van der Waals surface area contributed by atoms with Crippen molar-refractivity contribution < 1.29 is 9.59 Å². The molecule has 0 spiro atoms. The maximum atomic E-state index is 12.7. The van der Waals surface area contributed by atoms with Crippen LogP contribution in [0.1, 0.15) is 30.5 Å². The fourth-order valence-electron chi connectivity index (χ4n) is 2.92. The Balaban J connectivity index is 1.77. The Morgan fingerprint density at radius 3 is 2.41 bits per heavy atom. The number of carbonyl (C=O) groups excluding carboxylic acids is 2. The third-order valence-electron chi connectivity index (χ3n) is 4.23. The minimum Gasteiger partial charge on any atom is -0.349 e. The van der Waals surface area contributed by atoms with E-state index in [1.54, 1.807) is 11.3 Å². The van der Waals surface area contributed by atoms with Crippen LogP contribution in [-0.4, -0.2) is 11.8 Å². The first-order valence-corrected chi connectivity index (χ1v) is 9.67. The van der Waals surface area contributed by atoms with Crippen molar-refractivity contribution in [3.05, 3.63) is 77.2 Å². The number of hydrogen-bond donors (Lipinski definition) is 2. The van der Waals surface area contributed by atoms with Gasteiger partial charge in [-0.05, 0) is 30.0 Å². The maximum Gasteiger partial charge on any atom is 0.226 e. The molecule has 27 heavy (non-hydrogen) atoms. The largest absolute Gasteiger partial charge is 0.349 e.